The van der Waals surface area contributed by atoms with Crippen LogP contribution in [0.15, 0.2) is 58.3 Å². The van der Waals surface area contributed by atoms with Crippen molar-refractivity contribution in [1.29, 1.82) is 5.41 Å². The first kappa shape index (κ1) is 23.2. The van der Waals surface area contributed by atoms with Crippen molar-refractivity contribution >= 4 is 39.9 Å². The van der Waals surface area contributed by atoms with E-state index in [1.807, 2.05) is 47.2 Å². The van der Waals surface area contributed by atoms with Crippen LogP contribution in [0.1, 0.15) is 25.5 Å². The molecular formula is C25H28N6O3S. The van der Waals surface area contributed by atoms with Crippen LogP contribution in [-0.2, 0) is 11.3 Å². The molecule has 1 aromatic heterocycles. The number of hydrazone groups is 1. The summed E-state index contributed by atoms with van der Waals surface area (Å²) in [4.78, 5) is 19.3. The van der Waals surface area contributed by atoms with Gasteiger partial charge < -0.3 is 18.9 Å². The second kappa shape index (κ2) is 9.99. The summed E-state index contributed by atoms with van der Waals surface area (Å²) in [5.74, 6) is 1.70. The molecule has 2 aromatic rings. The number of methoxy groups -OCH3 is 1. The maximum Gasteiger partial charge on any atom is 0.283 e. The van der Waals surface area contributed by atoms with Gasteiger partial charge in [0.2, 0.25) is 5.17 Å². The van der Waals surface area contributed by atoms with Crippen LogP contribution in [0.4, 0.5) is 0 Å². The number of piperidine rings is 1. The number of rotatable bonds is 6. The number of thioether (sulfide) groups is 1. The summed E-state index contributed by atoms with van der Waals surface area (Å²) in [7, 11) is 1.61. The normalized spacial score (nSPS) is 19.7. The van der Waals surface area contributed by atoms with Crippen molar-refractivity contribution < 1.29 is 14.3 Å². The highest BCUT2D eigenvalue weighted by atomic mass is 32.2. The molecule has 3 aliphatic heterocycles. The van der Waals surface area contributed by atoms with Crippen LogP contribution in [0.25, 0.3) is 6.08 Å². The Bertz CT molecular complexity index is 1230. The van der Waals surface area contributed by atoms with Gasteiger partial charge in [-0.25, -0.2) is 0 Å². The van der Waals surface area contributed by atoms with Gasteiger partial charge in [0.15, 0.2) is 22.5 Å². The van der Waals surface area contributed by atoms with E-state index in [0.29, 0.717) is 35.7 Å². The van der Waals surface area contributed by atoms with E-state index >= 15 is 0 Å². The lowest BCUT2D eigenvalue weighted by atomic mass is 10.00. The number of aromatic nitrogens is 1. The van der Waals surface area contributed by atoms with Crippen LogP contribution in [0.5, 0.6) is 11.5 Å². The zero-order chi connectivity index (χ0) is 24.4. The highest BCUT2D eigenvalue weighted by Gasteiger charge is 2.37. The average molecular weight is 493 g/mol. The lowest BCUT2D eigenvalue weighted by molar-refractivity contribution is -0.114. The van der Waals surface area contributed by atoms with E-state index < -0.39 is 5.91 Å². The molecule has 1 saturated heterocycles. The second-order valence-electron chi connectivity index (χ2n) is 8.70. The van der Waals surface area contributed by atoms with Gasteiger partial charge in [-0.05, 0) is 60.9 Å². The van der Waals surface area contributed by atoms with Crippen molar-refractivity contribution in [3.63, 3.8) is 0 Å². The average Bonchev–Trinajstić information content (AvgIpc) is 3.49. The molecule has 1 amide bonds. The zero-order valence-electron chi connectivity index (χ0n) is 19.8. The highest BCUT2D eigenvalue weighted by Crippen LogP contribution is 2.31. The molecule has 0 radical (unpaired) electrons. The predicted octanol–water partition coefficient (Wildman–Crippen LogP) is 3.88. The minimum Gasteiger partial charge on any atom is -0.493 e. The minimum atomic E-state index is -0.421. The van der Waals surface area contributed by atoms with Gasteiger partial charge in [-0.15, -0.1) is 5.10 Å². The van der Waals surface area contributed by atoms with Gasteiger partial charge in [-0.1, -0.05) is 19.1 Å². The molecule has 1 aromatic carbocycles. The Labute approximate surface area is 208 Å². The smallest absolute Gasteiger partial charge is 0.283 e. The largest absolute Gasteiger partial charge is 0.493 e. The molecule has 0 spiro atoms. The minimum absolute atomic E-state index is 0.0471. The molecule has 10 heteroatoms. The number of para-hydroxylation sites is 2. The van der Waals surface area contributed by atoms with E-state index in [4.69, 9.17) is 14.9 Å². The Balaban J connectivity index is 1.29. The molecule has 35 heavy (non-hydrogen) atoms. The number of hydrogen-bond acceptors (Lipinski definition) is 7. The SMILES string of the molecule is COc1ccccc1OCCn1cccc1/C=C1/C(=N)N2N=C(N3CCC(C)CC3)SC2=NC1=O. The van der Waals surface area contributed by atoms with Crippen molar-refractivity contribution in [3.8, 4) is 11.5 Å². The number of aliphatic imine (C=N–C) groups is 1. The van der Waals surface area contributed by atoms with Crippen LogP contribution in [0, 0.1) is 11.3 Å². The van der Waals surface area contributed by atoms with Crippen LogP contribution < -0.4 is 9.47 Å². The highest BCUT2D eigenvalue weighted by molar-refractivity contribution is 8.26. The van der Waals surface area contributed by atoms with Crippen molar-refractivity contribution in [2.24, 2.45) is 16.0 Å². The summed E-state index contributed by atoms with van der Waals surface area (Å²) >= 11 is 1.37. The number of amides is 1. The number of nitrogens with zero attached hydrogens (tertiary/aromatic N) is 5. The Kier molecular flexibility index (Phi) is 6.63. The van der Waals surface area contributed by atoms with Crippen molar-refractivity contribution in [1.82, 2.24) is 14.5 Å². The summed E-state index contributed by atoms with van der Waals surface area (Å²) in [6.45, 7) is 5.12. The van der Waals surface area contributed by atoms with Crippen LogP contribution >= 0.6 is 11.8 Å². The standard InChI is InChI=1S/C25H28N6O3S/c1-17-9-12-30(13-10-17)25-28-31-22(26)19(23(32)27-24(31)35-25)16-18-6-5-11-29(18)14-15-34-21-8-4-3-7-20(21)33-2/h3-8,11,16-17,26H,9-10,12-15H2,1-2H3/b19-16-,26-22?. The number of likely N-dealkylation sites (tertiary alicyclic amines) is 1. The predicted molar refractivity (Wildman–Crippen MR) is 138 cm³/mol. The number of nitrogens with one attached hydrogen (secondary N) is 1. The summed E-state index contributed by atoms with van der Waals surface area (Å²) in [5.41, 5.74) is 1.01. The Morgan fingerprint density at radius 1 is 1.14 bits per heavy atom. The summed E-state index contributed by atoms with van der Waals surface area (Å²) in [5, 5.41) is 16.0. The summed E-state index contributed by atoms with van der Waals surface area (Å²) in [6, 6.07) is 11.3. The fraction of sp³-hybridized carbons (Fsp3) is 0.360. The molecule has 0 saturated carbocycles. The van der Waals surface area contributed by atoms with Crippen molar-refractivity contribution in [2.75, 3.05) is 26.8 Å². The maximum atomic E-state index is 12.8. The van der Waals surface area contributed by atoms with Gasteiger partial charge >= 0.3 is 0 Å². The first-order valence-electron chi connectivity index (χ1n) is 11.7. The number of amidine groups is 3. The molecule has 1 fully saturated rings. The number of fused-ring (bicyclic) bond motifs is 1. The van der Waals surface area contributed by atoms with Gasteiger partial charge in [0.1, 0.15) is 6.61 Å². The second-order valence-corrected chi connectivity index (χ2v) is 9.63. The van der Waals surface area contributed by atoms with Crippen LogP contribution in [0.2, 0.25) is 0 Å². The molecule has 0 unspecified atom stereocenters. The fourth-order valence-electron chi connectivity index (χ4n) is 4.21. The Morgan fingerprint density at radius 3 is 2.69 bits per heavy atom. The first-order valence-corrected chi connectivity index (χ1v) is 12.5. The third kappa shape index (κ3) is 4.84. The molecule has 182 valence electrons. The number of ether oxygens (including phenoxy) is 2. The lowest BCUT2D eigenvalue weighted by Crippen LogP contribution is -2.36. The number of hydrogen-bond donors (Lipinski definition) is 1. The number of carbonyl (C=O) groups excluding carboxylic acids is 1. The van der Waals surface area contributed by atoms with E-state index in [1.165, 1.54) is 16.8 Å². The molecule has 1 N–H and O–H groups in total. The van der Waals surface area contributed by atoms with Crippen LogP contribution in [0.3, 0.4) is 0 Å². The Hall–Kier alpha value is -3.53. The van der Waals surface area contributed by atoms with E-state index in [0.717, 1.165) is 36.8 Å². The quantitative estimate of drug-likeness (QED) is 0.615. The fourth-order valence-corrected chi connectivity index (χ4v) is 5.16. The van der Waals surface area contributed by atoms with Gasteiger partial charge in [-0.3, -0.25) is 10.2 Å². The zero-order valence-corrected chi connectivity index (χ0v) is 20.6. The first-order chi connectivity index (χ1) is 17.0. The van der Waals surface area contributed by atoms with Gasteiger partial charge in [0, 0.05) is 25.0 Å². The molecule has 4 heterocycles. The number of benzene rings is 1. The molecule has 0 atom stereocenters. The molecule has 3 aliphatic rings. The molecule has 0 aliphatic carbocycles. The van der Waals surface area contributed by atoms with E-state index in [-0.39, 0.29) is 11.4 Å². The van der Waals surface area contributed by atoms with E-state index in [1.54, 1.807) is 13.2 Å². The van der Waals surface area contributed by atoms with Gasteiger partial charge in [0.05, 0.1) is 19.2 Å². The van der Waals surface area contributed by atoms with Crippen molar-refractivity contribution in [2.45, 2.75) is 26.3 Å². The van der Waals surface area contributed by atoms with Crippen LogP contribution in [-0.4, -0.2) is 63.4 Å². The number of carbonyl (C=O) groups is 1. The Morgan fingerprint density at radius 2 is 1.91 bits per heavy atom. The third-order valence-electron chi connectivity index (χ3n) is 6.31. The monoisotopic (exact) mass is 492 g/mol. The molecule has 9 nitrogen and oxygen atoms in total. The summed E-state index contributed by atoms with van der Waals surface area (Å²) < 4.78 is 13.2. The third-order valence-corrected chi connectivity index (χ3v) is 7.28. The lowest BCUT2D eigenvalue weighted by Gasteiger charge is -2.30. The molecule has 0 bridgehead atoms. The molecular weight excluding hydrogens is 464 g/mol. The van der Waals surface area contributed by atoms with Crippen molar-refractivity contribution in [3.05, 3.63) is 53.9 Å². The summed E-state index contributed by atoms with van der Waals surface area (Å²) in [6.07, 6.45) is 5.86. The van der Waals surface area contributed by atoms with E-state index in [2.05, 4.69) is 21.9 Å². The molecule has 5 rings (SSSR count). The topological polar surface area (TPSA) is 95.5 Å². The van der Waals surface area contributed by atoms with Gasteiger partial charge in [0.25, 0.3) is 5.91 Å². The maximum absolute atomic E-state index is 12.8. The van der Waals surface area contributed by atoms with E-state index in [9.17, 15) is 4.79 Å². The van der Waals surface area contributed by atoms with Gasteiger partial charge in [-0.2, -0.15) is 10.0 Å².